The SMILES string of the molecule is CCOC(=O)c1ccc(NC(=S)Nc2scc(-c3ccc(OC)c(OC)c3)c2C(=O)OCC)cc1. The number of carbonyl (C=O) groups is 2. The van der Waals surface area contributed by atoms with Gasteiger partial charge in [-0.2, -0.15) is 0 Å². The summed E-state index contributed by atoms with van der Waals surface area (Å²) in [5.41, 5.74) is 2.93. The maximum atomic E-state index is 12.9. The van der Waals surface area contributed by atoms with Crippen molar-refractivity contribution in [2.75, 3.05) is 38.1 Å². The van der Waals surface area contributed by atoms with Crippen LogP contribution in [-0.4, -0.2) is 44.5 Å². The van der Waals surface area contributed by atoms with Crippen molar-refractivity contribution in [3.63, 3.8) is 0 Å². The molecule has 10 heteroatoms. The fourth-order valence-corrected chi connectivity index (χ4v) is 4.49. The molecule has 2 N–H and O–H groups in total. The summed E-state index contributed by atoms with van der Waals surface area (Å²) in [6.07, 6.45) is 0. The van der Waals surface area contributed by atoms with Crippen LogP contribution >= 0.6 is 23.6 Å². The molecule has 0 saturated heterocycles. The fraction of sp³-hybridized carbons (Fsp3) is 0.240. The molecule has 0 saturated carbocycles. The lowest BCUT2D eigenvalue weighted by molar-refractivity contribution is 0.0518. The lowest BCUT2D eigenvalue weighted by atomic mass is 10.0. The van der Waals surface area contributed by atoms with Gasteiger partial charge >= 0.3 is 11.9 Å². The van der Waals surface area contributed by atoms with Crippen molar-refractivity contribution in [1.29, 1.82) is 0 Å². The molecule has 0 aliphatic carbocycles. The summed E-state index contributed by atoms with van der Waals surface area (Å²) in [4.78, 5) is 24.7. The van der Waals surface area contributed by atoms with Gasteiger partial charge in [0.15, 0.2) is 16.6 Å². The number of ether oxygens (including phenoxy) is 4. The molecular formula is C25H26N2O6S2. The smallest absolute Gasteiger partial charge is 0.341 e. The number of hydrogen-bond donors (Lipinski definition) is 2. The summed E-state index contributed by atoms with van der Waals surface area (Å²) >= 11 is 6.78. The van der Waals surface area contributed by atoms with Crippen molar-refractivity contribution in [3.8, 4) is 22.6 Å². The number of methoxy groups -OCH3 is 2. The van der Waals surface area contributed by atoms with Crippen LogP contribution in [0.3, 0.4) is 0 Å². The van der Waals surface area contributed by atoms with Crippen molar-refractivity contribution >= 4 is 51.3 Å². The van der Waals surface area contributed by atoms with Crippen LogP contribution < -0.4 is 20.1 Å². The molecule has 0 spiro atoms. The van der Waals surface area contributed by atoms with Gasteiger partial charge in [-0.05, 0) is 68.0 Å². The van der Waals surface area contributed by atoms with E-state index < -0.39 is 5.97 Å². The molecule has 0 bridgehead atoms. The van der Waals surface area contributed by atoms with Crippen LogP contribution in [0.2, 0.25) is 0 Å². The molecule has 2 aromatic carbocycles. The number of thiocarbonyl (C=S) groups is 1. The van der Waals surface area contributed by atoms with E-state index in [4.69, 9.17) is 31.2 Å². The first kappa shape index (κ1) is 26.0. The summed E-state index contributed by atoms with van der Waals surface area (Å²) in [6.45, 7) is 4.04. The van der Waals surface area contributed by atoms with Gasteiger partial charge in [0, 0.05) is 16.6 Å². The van der Waals surface area contributed by atoms with Gasteiger partial charge in [-0.25, -0.2) is 9.59 Å². The highest BCUT2D eigenvalue weighted by atomic mass is 32.1. The van der Waals surface area contributed by atoms with Crippen molar-refractivity contribution < 1.29 is 28.5 Å². The van der Waals surface area contributed by atoms with Crippen LogP contribution in [0.15, 0.2) is 47.8 Å². The minimum Gasteiger partial charge on any atom is -0.493 e. The summed E-state index contributed by atoms with van der Waals surface area (Å²) in [5.74, 6) is 0.272. The van der Waals surface area contributed by atoms with Crippen molar-refractivity contribution in [3.05, 3.63) is 59.0 Å². The second-order valence-corrected chi connectivity index (χ2v) is 8.31. The van der Waals surface area contributed by atoms with E-state index in [0.29, 0.717) is 45.5 Å². The lowest BCUT2D eigenvalue weighted by Gasteiger charge is -2.13. The molecule has 0 fully saturated rings. The molecule has 35 heavy (non-hydrogen) atoms. The Kier molecular flexibility index (Phi) is 9.04. The van der Waals surface area contributed by atoms with E-state index in [2.05, 4.69) is 10.6 Å². The summed E-state index contributed by atoms with van der Waals surface area (Å²) in [5, 5.41) is 8.81. The van der Waals surface area contributed by atoms with Crippen LogP contribution in [-0.2, 0) is 9.47 Å². The number of anilines is 2. The molecule has 3 rings (SSSR count). The van der Waals surface area contributed by atoms with E-state index >= 15 is 0 Å². The predicted molar refractivity (Wildman–Crippen MR) is 141 cm³/mol. The first-order valence-corrected chi connectivity index (χ1v) is 12.1. The average molecular weight is 515 g/mol. The Morgan fingerprint density at radius 3 is 2.17 bits per heavy atom. The zero-order valence-electron chi connectivity index (χ0n) is 19.8. The van der Waals surface area contributed by atoms with E-state index in [1.54, 1.807) is 64.5 Å². The maximum absolute atomic E-state index is 12.9. The topological polar surface area (TPSA) is 95.1 Å². The number of nitrogens with one attached hydrogen (secondary N) is 2. The Morgan fingerprint density at radius 1 is 0.886 bits per heavy atom. The number of rotatable bonds is 9. The number of benzene rings is 2. The van der Waals surface area contributed by atoms with Gasteiger partial charge in [0.05, 0.1) is 33.0 Å². The second-order valence-electron chi connectivity index (χ2n) is 7.02. The normalized spacial score (nSPS) is 10.3. The molecule has 1 heterocycles. The zero-order valence-corrected chi connectivity index (χ0v) is 21.4. The molecule has 0 aliphatic heterocycles. The van der Waals surface area contributed by atoms with E-state index in [1.807, 2.05) is 11.4 Å². The number of thiophene rings is 1. The molecule has 3 aromatic rings. The highest BCUT2D eigenvalue weighted by molar-refractivity contribution is 7.80. The molecule has 8 nitrogen and oxygen atoms in total. The van der Waals surface area contributed by atoms with Crippen molar-refractivity contribution in [1.82, 2.24) is 0 Å². The molecule has 0 aliphatic rings. The van der Waals surface area contributed by atoms with Gasteiger partial charge in [-0.3, -0.25) is 0 Å². The third-order valence-corrected chi connectivity index (χ3v) is 5.95. The Balaban J connectivity index is 1.84. The summed E-state index contributed by atoms with van der Waals surface area (Å²) < 4.78 is 21.0. The molecular weight excluding hydrogens is 488 g/mol. The number of hydrogen-bond acceptors (Lipinski definition) is 8. The summed E-state index contributed by atoms with van der Waals surface area (Å²) in [7, 11) is 3.12. The van der Waals surface area contributed by atoms with Crippen LogP contribution in [0.4, 0.5) is 10.7 Å². The van der Waals surface area contributed by atoms with Crippen LogP contribution in [0.25, 0.3) is 11.1 Å². The third kappa shape index (κ3) is 6.28. The predicted octanol–water partition coefficient (Wildman–Crippen LogP) is 5.59. The lowest BCUT2D eigenvalue weighted by Crippen LogP contribution is -2.20. The summed E-state index contributed by atoms with van der Waals surface area (Å²) in [6, 6.07) is 12.2. The van der Waals surface area contributed by atoms with Gasteiger partial charge in [0.1, 0.15) is 10.6 Å². The highest BCUT2D eigenvalue weighted by Crippen LogP contribution is 2.39. The Bertz CT molecular complexity index is 1210. The number of esters is 2. The number of carbonyl (C=O) groups excluding carboxylic acids is 2. The monoisotopic (exact) mass is 514 g/mol. The molecule has 0 radical (unpaired) electrons. The average Bonchev–Trinajstić information content (AvgIpc) is 3.27. The van der Waals surface area contributed by atoms with E-state index in [0.717, 1.165) is 5.56 Å². The van der Waals surface area contributed by atoms with E-state index in [1.165, 1.54) is 11.3 Å². The van der Waals surface area contributed by atoms with Crippen LogP contribution in [0.1, 0.15) is 34.6 Å². The molecule has 1 aromatic heterocycles. The Hall–Kier alpha value is -3.63. The van der Waals surface area contributed by atoms with Gasteiger partial charge in [-0.15, -0.1) is 11.3 Å². The first-order valence-electron chi connectivity index (χ1n) is 10.8. The van der Waals surface area contributed by atoms with Crippen LogP contribution in [0.5, 0.6) is 11.5 Å². The fourth-order valence-electron chi connectivity index (χ4n) is 3.24. The van der Waals surface area contributed by atoms with Crippen LogP contribution in [0, 0.1) is 0 Å². The van der Waals surface area contributed by atoms with E-state index in [9.17, 15) is 9.59 Å². The quantitative estimate of drug-likeness (QED) is 0.280. The van der Waals surface area contributed by atoms with Gasteiger partial charge < -0.3 is 29.6 Å². The molecule has 0 atom stereocenters. The zero-order chi connectivity index (χ0) is 25.4. The minimum atomic E-state index is -0.470. The second kappa shape index (κ2) is 12.2. The van der Waals surface area contributed by atoms with Gasteiger partial charge in [0.25, 0.3) is 0 Å². The van der Waals surface area contributed by atoms with Crippen molar-refractivity contribution in [2.24, 2.45) is 0 Å². The largest absolute Gasteiger partial charge is 0.493 e. The molecule has 184 valence electrons. The highest BCUT2D eigenvalue weighted by Gasteiger charge is 2.23. The molecule has 0 unspecified atom stereocenters. The standard InChI is InChI=1S/C25H26N2O6S2/c1-5-32-23(28)15-7-10-17(11-8-15)26-25(34)27-22-21(24(29)33-6-2)18(14-35-22)16-9-12-19(30-3)20(13-16)31-4/h7-14H,5-6H2,1-4H3,(H2,26,27,34). The van der Waals surface area contributed by atoms with Crippen molar-refractivity contribution in [2.45, 2.75) is 13.8 Å². The first-order chi connectivity index (χ1) is 16.9. The molecule has 0 amide bonds. The van der Waals surface area contributed by atoms with Gasteiger partial charge in [0.2, 0.25) is 0 Å². The Morgan fingerprint density at radius 2 is 1.54 bits per heavy atom. The van der Waals surface area contributed by atoms with Gasteiger partial charge in [-0.1, -0.05) is 6.07 Å². The third-order valence-electron chi connectivity index (χ3n) is 4.85. The van der Waals surface area contributed by atoms with E-state index in [-0.39, 0.29) is 17.7 Å². The maximum Gasteiger partial charge on any atom is 0.341 e. The Labute approximate surface area is 213 Å². The minimum absolute atomic E-state index is 0.231.